The molecular formula is C17H17N2O2SSi-. The van der Waals surface area contributed by atoms with Gasteiger partial charge in [-0.1, -0.05) is 60.8 Å². The third-order valence-electron chi connectivity index (χ3n) is 2.68. The molecule has 0 N–H and O–H groups in total. The van der Waals surface area contributed by atoms with Crippen LogP contribution in [0.15, 0.2) is 58.1 Å². The van der Waals surface area contributed by atoms with E-state index in [4.69, 9.17) is 0 Å². The minimum atomic E-state index is -1.72. The van der Waals surface area contributed by atoms with Gasteiger partial charge in [0.1, 0.15) is 8.07 Å². The molecule has 0 aliphatic rings. The highest BCUT2D eigenvalue weighted by Crippen LogP contribution is 2.08. The van der Waals surface area contributed by atoms with Crippen LogP contribution in [0, 0.1) is 11.5 Å². The second-order valence-electron chi connectivity index (χ2n) is 5.92. The van der Waals surface area contributed by atoms with Crippen molar-refractivity contribution in [1.82, 2.24) is 4.98 Å². The summed E-state index contributed by atoms with van der Waals surface area (Å²) >= 11 is 0. The van der Waals surface area contributed by atoms with E-state index in [1.165, 1.54) is 6.20 Å². The Bertz CT molecular complexity index is 855. The fourth-order valence-corrected chi connectivity index (χ4v) is 2.87. The smallest absolute Gasteiger partial charge is 0.255 e. The molecule has 1 aromatic heterocycles. The summed E-state index contributed by atoms with van der Waals surface area (Å²) in [4.78, 5) is 16.7. The van der Waals surface area contributed by atoms with E-state index in [0.717, 1.165) is 0 Å². The third-order valence-corrected chi connectivity index (χ3v) is 4.56. The van der Waals surface area contributed by atoms with Crippen LogP contribution in [0.2, 0.25) is 19.6 Å². The van der Waals surface area contributed by atoms with E-state index in [1.54, 1.807) is 36.5 Å². The van der Waals surface area contributed by atoms with E-state index in [0.29, 0.717) is 10.5 Å². The zero-order valence-corrected chi connectivity index (χ0v) is 15.1. The van der Waals surface area contributed by atoms with E-state index in [9.17, 15) is 9.00 Å². The normalized spacial score (nSPS) is 12.3. The Morgan fingerprint density at radius 3 is 2.52 bits per heavy atom. The molecule has 0 radical (unpaired) electrons. The van der Waals surface area contributed by atoms with E-state index in [2.05, 4.69) is 40.5 Å². The Morgan fingerprint density at radius 2 is 1.87 bits per heavy atom. The molecule has 0 saturated heterocycles. The minimum Gasteiger partial charge on any atom is -0.440 e. The highest BCUT2D eigenvalue weighted by molar-refractivity contribution is 7.75. The van der Waals surface area contributed by atoms with Gasteiger partial charge in [-0.3, -0.25) is 9.78 Å². The highest BCUT2D eigenvalue weighted by Gasteiger charge is 2.08. The Kier molecular flexibility index (Phi) is 5.48. The van der Waals surface area contributed by atoms with Crippen molar-refractivity contribution in [2.24, 2.45) is 4.36 Å². The molecule has 1 heterocycles. The van der Waals surface area contributed by atoms with E-state index in [1.807, 2.05) is 6.07 Å². The van der Waals surface area contributed by atoms with Gasteiger partial charge in [0.15, 0.2) is 0 Å². The lowest BCUT2D eigenvalue weighted by molar-refractivity contribution is 0.100. The summed E-state index contributed by atoms with van der Waals surface area (Å²) in [6.07, 6.45) is 3.02. The van der Waals surface area contributed by atoms with Gasteiger partial charge in [-0.2, -0.15) is 10.6 Å². The van der Waals surface area contributed by atoms with Crippen LogP contribution in [0.5, 0.6) is 0 Å². The second kappa shape index (κ2) is 7.35. The molecule has 0 aliphatic heterocycles. The highest BCUT2D eigenvalue weighted by atomic mass is 32.2. The van der Waals surface area contributed by atoms with Crippen molar-refractivity contribution in [2.75, 3.05) is 0 Å². The first kappa shape index (κ1) is 17.1. The van der Waals surface area contributed by atoms with Crippen molar-refractivity contribution in [3.05, 3.63) is 59.9 Å². The molecule has 0 atom stereocenters. The Morgan fingerprint density at radius 1 is 1.17 bits per heavy atom. The third kappa shape index (κ3) is 5.47. The minimum absolute atomic E-state index is 0.289. The first-order valence-electron chi connectivity index (χ1n) is 7.06. The number of amides is 1. The van der Waals surface area contributed by atoms with Gasteiger partial charge in [-0.15, -0.1) is 5.54 Å². The predicted molar refractivity (Wildman–Crippen MR) is 94.0 cm³/mol. The van der Waals surface area contributed by atoms with Gasteiger partial charge >= 0.3 is 0 Å². The second-order valence-corrected chi connectivity index (χ2v) is 11.8. The van der Waals surface area contributed by atoms with Gasteiger partial charge in [0, 0.05) is 18.0 Å². The molecule has 1 aromatic carbocycles. The molecule has 0 unspecified atom stereocenters. The van der Waals surface area contributed by atoms with Crippen molar-refractivity contribution in [3.8, 4) is 11.5 Å². The fraction of sp³-hybridized carbons (Fsp3) is 0.176. The van der Waals surface area contributed by atoms with Crippen LogP contribution >= 0.6 is 0 Å². The van der Waals surface area contributed by atoms with Crippen molar-refractivity contribution in [2.45, 2.75) is 24.5 Å². The zero-order chi connectivity index (χ0) is 16.9. The molecule has 6 heteroatoms. The molecular weight excluding hydrogens is 324 g/mol. The number of aromatic nitrogens is 1. The Balaban J connectivity index is 2.27. The number of benzene rings is 1. The van der Waals surface area contributed by atoms with Crippen LogP contribution in [0.3, 0.4) is 0 Å². The van der Waals surface area contributed by atoms with Gasteiger partial charge < -0.3 is 8.57 Å². The standard InChI is InChI=1S/C17H17N2O2SSi/c1-23(2,3)10-9-14-11-15(13-18-12-14)17(20)19-22(21)16-7-5-4-6-8-16/h4-8,11-13H,1-3H3/q-1. The molecule has 0 fully saturated rings. The summed E-state index contributed by atoms with van der Waals surface area (Å²) in [6.45, 7) is 6.42. The van der Waals surface area contributed by atoms with Crippen LogP contribution in [0.1, 0.15) is 15.9 Å². The monoisotopic (exact) mass is 341 g/mol. The van der Waals surface area contributed by atoms with Crippen LogP contribution in [0.4, 0.5) is 0 Å². The summed E-state index contributed by atoms with van der Waals surface area (Å²) < 4.78 is 15.8. The maximum Gasteiger partial charge on any atom is 0.255 e. The average Bonchev–Trinajstić information content (AvgIpc) is 2.53. The first-order valence-corrected chi connectivity index (χ1v) is 11.7. The molecule has 2 aromatic rings. The van der Waals surface area contributed by atoms with Gasteiger partial charge in [0.2, 0.25) is 0 Å². The maximum atomic E-state index is 12.1. The molecule has 0 bridgehead atoms. The maximum absolute atomic E-state index is 12.1. The first-order chi connectivity index (χ1) is 10.8. The van der Waals surface area contributed by atoms with Crippen molar-refractivity contribution in [1.29, 1.82) is 0 Å². The number of rotatable bonds is 2. The Hall–Kier alpha value is -2.23. The summed E-state index contributed by atoms with van der Waals surface area (Å²) in [7, 11) is -3.22. The average molecular weight is 341 g/mol. The summed E-state index contributed by atoms with van der Waals surface area (Å²) in [5, 5.41) is 0. The lowest BCUT2D eigenvalue weighted by Gasteiger charge is -2.05. The fourth-order valence-electron chi connectivity index (χ4n) is 1.60. The van der Waals surface area contributed by atoms with Crippen LogP contribution in [-0.4, -0.2) is 19.0 Å². The molecule has 23 heavy (non-hydrogen) atoms. The van der Waals surface area contributed by atoms with Crippen LogP contribution in [0.25, 0.3) is 0 Å². The summed E-state index contributed by atoms with van der Waals surface area (Å²) in [6, 6.07) is 10.3. The number of carbonyl (C=O) groups excluding carboxylic acids is 1. The van der Waals surface area contributed by atoms with Gasteiger partial charge in [-0.25, -0.2) is 0 Å². The Labute approximate surface area is 139 Å². The number of pyridine rings is 1. The number of carbonyl (C=O) groups is 1. The summed E-state index contributed by atoms with van der Waals surface area (Å²) in [5.41, 5.74) is 4.17. The molecule has 2 rings (SSSR count). The number of nitrogens with zero attached hydrogens (tertiary/aromatic N) is 2. The zero-order valence-electron chi connectivity index (χ0n) is 13.2. The number of hydrogen-bond donors (Lipinski definition) is 0. The molecule has 0 saturated carbocycles. The largest absolute Gasteiger partial charge is 0.440 e. The summed E-state index contributed by atoms with van der Waals surface area (Å²) in [5.74, 6) is 2.49. The van der Waals surface area contributed by atoms with Crippen LogP contribution in [-0.2, 0) is 14.8 Å². The van der Waals surface area contributed by atoms with Gasteiger partial charge in [-0.05, 0) is 6.07 Å². The van der Waals surface area contributed by atoms with Gasteiger partial charge in [0.05, 0.1) is 5.56 Å². The molecule has 118 valence electrons. The van der Waals surface area contributed by atoms with Gasteiger partial charge in [0.25, 0.3) is 5.91 Å². The molecule has 0 aliphatic carbocycles. The molecule has 0 spiro atoms. The molecule has 4 nitrogen and oxygen atoms in total. The van der Waals surface area contributed by atoms with Crippen LogP contribution < -0.4 is 0 Å². The number of hydrogen-bond acceptors (Lipinski definition) is 4. The quantitative estimate of drug-likeness (QED) is 0.476. The van der Waals surface area contributed by atoms with Crippen molar-refractivity contribution >= 4 is 24.6 Å². The topological polar surface area (TPSA) is 59.4 Å². The predicted octanol–water partition coefficient (Wildman–Crippen LogP) is 3.66. The van der Waals surface area contributed by atoms with E-state index < -0.39 is 24.6 Å². The van der Waals surface area contributed by atoms with Crippen molar-refractivity contribution < 1.29 is 9.00 Å². The lowest BCUT2D eigenvalue weighted by atomic mass is 10.2. The van der Waals surface area contributed by atoms with E-state index in [-0.39, 0.29) is 5.56 Å². The van der Waals surface area contributed by atoms with E-state index >= 15 is 0 Å². The SMILES string of the molecule is C[Si](C)(C)C#Cc1cncc(C(=O)N=[S-](=O)c2ccccc2)c1. The lowest BCUT2D eigenvalue weighted by Crippen LogP contribution is -2.16. The molecule has 1 amide bonds. The van der Waals surface area contributed by atoms with Crippen molar-refractivity contribution in [3.63, 3.8) is 0 Å².